The lowest BCUT2D eigenvalue weighted by molar-refractivity contribution is 0.114. The molecule has 0 spiro atoms. The van der Waals surface area contributed by atoms with Gasteiger partial charge in [0.25, 0.3) is 0 Å². The van der Waals surface area contributed by atoms with Gasteiger partial charge >= 0.3 is 0 Å². The van der Waals surface area contributed by atoms with E-state index in [1.807, 2.05) is 18.2 Å². The molecule has 1 aliphatic rings. The van der Waals surface area contributed by atoms with Crippen LogP contribution in [0.1, 0.15) is 12.8 Å². The summed E-state index contributed by atoms with van der Waals surface area (Å²) in [6.45, 7) is 2.05. The zero-order valence-electron chi connectivity index (χ0n) is 15.2. The molecule has 1 aromatic heterocycles. The maximum absolute atomic E-state index is 12.8. The Morgan fingerprint density at radius 2 is 1.74 bits per heavy atom. The van der Waals surface area contributed by atoms with Crippen molar-refractivity contribution in [1.29, 1.82) is 0 Å². The Morgan fingerprint density at radius 1 is 1.00 bits per heavy atom. The predicted molar refractivity (Wildman–Crippen MR) is 105 cm³/mol. The number of fused-ring (bicyclic) bond motifs is 1. The number of sulfone groups is 1. The first-order valence-corrected chi connectivity index (χ1v) is 10.6. The molecule has 2 aromatic carbocycles. The Bertz CT molecular complexity index is 1040. The van der Waals surface area contributed by atoms with Crippen LogP contribution < -0.4 is 4.74 Å². The van der Waals surface area contributed by atoms with Gasteiger partial charge in [0.1, 0.15) is 11.9 Å². The number of rotatable bonds is 4. The van der Waals surface area contributed by atoms with Gasteiger partial charge in [-0.2, -0.15) is 0 Å². The van der Waals surface area contributed by atoms with Crippen LogP contribution in [0, 0.1) is 0 Å². The van der Waals surface area contributed by atoms with Gasteiger partial charge in [-0.15, -0.1) is 0 Å². The van der Waals surface area contributed by atoms with Crippen LogP contribution in [-0.2, 0) is 9.84 Å². The van der Waals surface area contributed by atoms with E-state index in [-0.39, 0.29) is 15.9 Å². The van der Waals surface area contributed by atoms with Crippen molar-refractivity contribution in [2.24, 2.45) is 0 Å². The summed E-state index contributed by atoms with van der Waals surface area (Å²) in [5, 5.41) is 0.762. The van der Waals surface area contributed by atoms with Crippen molar-refractivity contribution >= 4 is 20.7 Å². The lowest BCUT2D eigenvalue weighted by Crippen LogP contribution is -2.35. The molecule has 0 unspecified atom stereocenters. The van der Waals surface area contributed by atoms with E-state index in [0.717, 1.165) is 42.6 Å². The molecule has 1 saturated heterocycles. The molecular formula is C21H22N2O3S. The van der Waals surface area contributed by atoms with Crippen LogP contribution in [0.5, 0.6) is 5.75 Å². The van der Waals surface area contributed by atoms with Crippen molar-refractivity contribution in [2.75, 3.05) is 20.1 Å². The summed E-state index contributed by atoms with van der Waals surface area (Å²) in [5.74, 6) is 0.758. The standard InChI is InChI=1S/C21H22N2O3S/c1-23-11-9-17(10-12-23)26-18-7-8-21-16(13-18)14-20(15-22-21)27(24,25)19-5-3-2-4-6-19/h2-8,13-15,17H,9-12H2,1H3. The summed E-state index contributed by atoms with van der Waals surface area (Å²) in [4.78, 5) is 7.09. The molecule has 5 nitrogen and oxygen atoms in total. The zero-order valence-corrected chi connectivity index (χ0v) is 16.0. The highest BCUT2D eigenvalue weighted by molar-refractivity contribution is 7.91. The van der Waals surface area contributed by atoms with Crippen LogP contribution in [0.3, 0.4) is 0 Å². The molecular weight excluding hydrogens is 360 g/mol. The van der Waals surface area contributed by atoms with Gasteiger partial charge in [-0.1, -0.05) is 18.2 Å². The van der Waals surface area contributed by atoms with Crippen LogP contribution in [0.25, 0.3) is 10.9 Å². The predicted octanol–water partition coefficient (Wildman–Crippen LogP) is 3.54. The van der Waals surface area contributed by atoms with E-state index in [1.54, 1.807) is 36.4 Å². The Morgan fingerprint density at radius 3 is 2.48 bits per heavy atom. The monoisotopic (exact) mass is 382 g/mol. The van der Waals surface area contributed by atoms with Crippen molar-refractivity contribution < 1.29 is 13.2 Å². The van der Waals surface area contributed by atoms with Crippen LogP contribution >= 0.6 is 0 Å². The molecule has 2 heterocycles. The average Bonchev–Trinajstić information content (AvgIpc) is 2.70. The molecule has 0 amide bonds. The summed E-state index contributed by atoms with van der Waals surface area (Å²) in [5.41, 5.74) is 0.748. The molecule has 27 heavy (non-hydrogen) atoms. The van der Waals surface area contributed by atoms with Crippen LogP contribution in [0.2, 0.25) is 0 Å². The van der Waals surface area contributed by atoms with Gasteiger partial charge in [0.2, 0.25) is 9.84 Å². The Balaban J connectivity index is 1.63. The lowest BCUT2D eigenvalue weighted by atomic mass is 10.1. The number of hydrogen-bond donors (Lipinski definition) is 0. The molecule has 0 saturated carbocycles. The number of hydrogen-bond acceptors (Lipinski definition) is 5. The molecule has 1 aliphatic heterocycles. The van der Waals surface area contributed by atoms with E-state index < -0.39 is 9.84 Å². The highest BCUT2D eigenvalue weighted by atomic mass is 32.2. The first-order chi connectivity index (χ1) is 13.0. The minimum atomic E-state index is -3.59. The molecule has 0 bridgehead atoms. The van der Waals surface area contributed by atoms with Gasteiger partial charge in [-0.3, -0.25) is 4.98 Å². The van der Waals surface area contributed by atoms with Crippen molar-refractivity contribution in [3.05, 3.63) is 60.8 Å². The fourth-order valence-corrected chi connectivity index (χ4v) is 4.60. The lowest BCUT2D eigenvalue weighted by Gasteiger charge is -2.29. The third-order valence-electron chi connectivity index (χ3n) is 4.96. The summed E-state index contributed by atoms with van der Waals surface area (Å²) in [6, 6.07) is 15.8. The van der Waals surface area contributed by atoms with Crippen LogP contribution in [0.15, 0.2) is 70.6 Å². The van der Waals surface area contributed by atoms with E-state index in [1.165, 1.54) is 6.20 Å². The SMILES string of the molecule is CN1CCC(Oc2ccc3ncc(S(=O)(=O)c4ccccc4)cc3c2)CC1. The quantitative estimate of drug-likeness (QED) is 0.691. The third kappa shape index (κ3) is 3.82. The Hall–Kier alpha value is -2.44. The normalized spacial score (nSPS) is 16.5. The second-order valence-electron chi connectivity index (χ2n) is 6.96. The minimum absolute atomic E-state index is 0.192. The smallest absolute Gasteiger partial charge is 0.208 e. The first-order valence-electron chi connectivity index (χ1n) is 9.07. The molecule has 0 N–H and O–H groups in total. The molecule has 3 aromatic rings. The first kappa shape index (κ1) is 17.9. The van der Waals surface area contributed by atoms with Gasteiger partial charge in [0.15, 0.2) is 0 Å². The number of ether oxygens (including phenoxy) is 1. The molecule has 140 valence electrons. The fraction of sp³-hybridized carbons (Fsp3) is 0.286. The highest BCUT2D eigenvalue weighted by Crippen LogP contribution is 2.27. The van der Waals surface area contributed by atoms with E-state index in [0.29, 0.717) is 0 Å². The van der Waals surface area contributed by atoms with Crippen LogP contribution in [-0.4, -0.2) is 44.5 Å². The van der Waals surface area contributed by atoms with E-state index in [9.17, 15) is 8.42 Å². The van der Waals surface area contributed by atoms with Crippen molar-refractivity contribution in [1.82, 2.24) is 9.88 Å². The summed E-state index contributed by atoms with van der Waals surface area (Å²) in [7, 11) is -1.47. The maximum atomic E-state index is 12.8. The summed E-state index contributed by atoms with van der Waals surface area (Å²) < 4.78 is 31.8. The molecule has 4 rings (SSSR count). The summed E-state index contributed by atoms with van der Waals surface area (Å²) in [6.07, 6.45) is 3.61. The van der Waals surface area contributed by atoms with E-state index in [2.05, 4.69) is 16.9 Å². The third-order valence-corrected chi connectivity index (χ3v) is 6.70. The maximum Gasteiger partial charge on any atom is 0.208 e. The average molecular weight is 382 g/mol. The van der Waals surface area contributed by atoms with Crippen molar-refractivity contribution in [3.8, 4) is 5.75 Å². The molecule has 1 fully saturated rings. The van der Waals surface area contributed by atoms with E-state index >= 15 is 0 Å². The second-order valence-corrected chi connectivity index (χ2v) is 8.91. The number of pyridine rings is 1. The number of likely N-dealkylation sites (tertiary alicyclic amines) is 1. The number of benzene rings is 2. The minimum Gasteiger partial charge on any atom is -0.490 e. The molecule has 0 radical (unpaired) electrons. The van der Waals surface area contributed by atoms with Crippen molar-refractivity contribution in [3.63, 3.8) is 0 Å². The van der Waals surface area contributed by atoms with Gasteiger partial charge in [0, 0.05) is 24.7 Å². The number of aromatic nitrogens is 1. The topological polar surface area (TPSA) is 59.5 Å². The van der Waals surface area contributed by atoms with Gasteiger partial charge in [-0.05, 0) is 56.3 Å². The number of piperidine rings is 1. The Labute approximate surface area is 159 Å². The molecule has 6 heteroatoms. The summed E-state index contributed by atoms with van der Waals surface area (Å²) >= 11 is 0. The zero-order chi connectivity index (χ0) is 18.9. The fourth-order valence-electron chi connectivity index (χ4n) is 3.34. The highest BCUT2D eigenvalue weighted by Gasteiger charge is 2.20. The molecule has 0 aliphatic carbocycles. The van der Waals surface area contributed by atoms with Crippen LogP contribution in [0.4, 0.5) is 0 Å². The number of nitrogens with zero attached hydrogens (tertiary/aromatic N) is 2. The van der Waals surface area contributed by atoms with Gasteiger partial charge < -0.3 is 9.64 Å². The van der Waals surface area contributed by atoms with E-state index in [4.69, 9.17) is 4.74 Å². The Kier molecular flexibility index (Phi) is 4.85. The van der Waals surface area contributed by atoms with Gasteiger partial charge in [-0.25, -0.2) is 8.42 Å². The van der Waals surface area contributed by atoms with Gasteiger partial charge in [0.05, 0.1) is 15.3 Å². The largest absolute Gasteiger partial charge is 0.490 e. The second kappa shape index (κ2) is 7.29. The molecule has 0 atom stereocenters. The van der Waals surface area contributed by atoms with Crippen molar-refractivity contribution in [2.45, 2.75) is 28.7 Å².